The van der Waals surface area contributed by atoms with Crippen molar-refractivity contribution in [2.45, 2.75) is 45.8 Å². The highest BCUT2D eigenvalue weighted by molar-refractivity contribution is 6.62. The van der Waals surface area contributed by atoms with Gasteiger partial charge in [0.05, 0.1) is 11.2 Å². The normalized spacial score (nSPS) is 20.0. The quantitative estimate of drug-likeness (QED) is 0.616. The summed E-state index contributed by atoms with van der Waals surface area (Å²) < 4.78 is 12.3. The zero-order valence-electron chi connectivity index (χ0n) is 14.3. The van der Waals surface area contributed by atoms with Crippen LogP contribution in [0.1, 0.15) is 38.8 Å². The van der Waals surface area contributed by atoms with Crippen LogP contribution in [-0.4, -0.2) is 18.3 Å². The van der Waals surface area contributed by atoms with Crippen LogP contribution in [0.25, 0.3) is 5.57 Å². The molecule has 116 valence electrons. The molecule has 1 heterocycles. The standard InChI is InChI=1S/C19H25BO2/c1-8-10-15(9-2)16-11-14(3)12-17(13-16)20-21-18(4,5)19(6,7)22-20/h8-13H,1-2H2,3-7H3/b15-10+. The molecule has 0 radical (unpaired) electrons. The molecule has 0 amide bonds. The molecule has 1 aliphatic rings. The van der Waals surface area contributed by atoms with Gasteiger partial charge in [0.2, 0.25) is 0 Å². The molecule has 1 aliphatic heterocycles. The van der Waals surface area contributed by atoms with Crippen LogP contribution in [0.2, 0.25) is 0 Å². The third-order valence-electron chi connectivity index (χ3n) is 4.48. The minimum Gasteiger partial charge on any atom is -0.399 e. The smallest absolute Gasteiger partial charge is 0.399 e. The summed E-state index contributed by atoms with van der Waals surface area (Å²) in [5.74, 6) is 0. The van der Waals surface area contributed by atoms with Gasteiger partial charge in [-0.2, -0.15) is 0 Å². The Labute approximate surface area is 134 Å². The summed E-state index contributed by atoms with van der Waals surface area (Å²) in [5.41, 5.74) is 3.67. The van der Waals surface area contributed by atoms with Crippen molar-refractivity contribution in [1.82, 2.24) is 0 Å². The van der Waals surface area contributed by atoms with Gasteiger partial charge in [-0.3, -0.25) is 0 Å². The van der Waals surface area contributed by atoms with Crippen LogP contribution in [0, 0.1) is 6.92 Å². The summed E-state index contributed by atoms with van der Waals surface area (Å²) in [4.78, 5) is 0. The topological polar surface area (TPSA) is 18.5 Å². The third-order valence-corrected chi connectivity index (χ3v) is 4.48. The molecule has 0 bridgehead atoms. The van der Waals surface area contributed by atoms with Gasteiger partial charge >= 0.3 is 7.12 Å². The van der Waals surface area contributed by atoms with Crippen molar-refractivity contribution in [3.63, 3.8) is 0 Å². The highest BCUT2D eigenvalue weighted by Crippen LogP contribution is 2.36. The molecule has 0 N–H and O–H groups in total. The van der Waals surface area contributed by atoms with E-state index in [9.17, 15) is 0 Å². The fourth-order valence-electron chi connectivity index (χ4n) is 2.50. The fourth-order valence-corrected chi connectivity index (χ4v) is 2.50. The lowest BCUT2D eigenvalue weighted by atomic mass is 9.77. The number of allylic oxidation sites excluding steroid dienone is 4. The van der Waals surface area contributed by atoms with Crippen molar-refractivity contribution >= 4 is 18.2 Å². The van der Waals surface area contributed by atoms with Crippen LogP contribution < -0.4 is 5.46 Å². The Balaban J connectivity index is 2.42. The van der Waals surface area contributed by atoms with Gasteiger partial charge in [0, 0.05) is 0 Å². The summed E-state index contributed by atoms with van der Waals surface area (Å²) in [6, 6.07) is 6.35. The largest absolute Gasteiger partial charge is 0.494 e. The van der Waals surface area contributed by atoms with Crippen LogP contribution in [-0.2, 0) is 9.31 Å². The first kappa shape index (κ1) is 16.8. The molecule has 2 rings (SSSR count). The van der Waals surface area contributed by atoms with E-state index in [2.05, 4.69) is 66.0 Å². The zero-order chi connectivity index (χ0) is 16.5. The van der Waals surface area contributed by atoms with Crippen LogP contribution in [0.3, 0.4) is 0 Å². The SMILES string of the molecule is C=C/C=C(\C=C)c1cc(C)cc(B2OC(C)(C)C(C)(C)O2)c1. The second-order valence-corrected chi connectivity index (χ2v) is 6.78. The summed E-state index contributed by atoms with van der Waals surface area (Å²) in [6.07, 6.45) is 5.56. The van der Waals surface area contributed by atoms with E-state index >= 15 is 0 Å². The molecule has 0 saturated carbocycles. The van der Waals surface area contributed by atoms with E-state index in [-0.39, 0.29) is 18.3 Å². The second kappa shape index (κ2) is 5.90. The molecule has 0 aliphatic carbocycles. The average Bonchev–Trinajstić information content (AvgIpc) is 2.64. The van der Waals surface area contributed by atoms with Crippen molar-refractivity contribution in [3.8, 4) is 0 Å². The number of hydrogen-bond donors (Lipinski definition) is 0. The summed E-state index contributed by atoms with van der Waals surface area (Å²) >= 11 is 0. The summed E-state index contributed by atoms with van der Waals surface area (Å²) in [7, 11) is -0.349. The minimum atomic E-state index is -0.349. The lowest BCUT2D eigenvalue weighted by molar-refractivity contribution is 0.00578. The number of aryl methyl sites for hydroxylation is 1. The maximum absolute atomic E-state index is 6.15. The Morgan fingerprint density at radius 1 is 1.05 bits per heavy atom. The maximum Gasteiger partial charge on any atom is 0.494 e. The molecule has 3 heteroatoms. The van der Waals surface area contributed by atoms with Crippen LogP contribution in [0.4, 0.5) is 0 Å². The van der Waals surface area contributed by atoms with Gasteiger partial charge in [0.1, 0.15) is 0 Å². The minimum absolute atomic E-state index is 0.334. The van der Waals surface area contributed by atoms with E-state index in [4.69, 9.17) is 9.31 Å². The Morgan fingerprint density at radius 2 is 1.64 bits per heavy atom. The van der Waals surface area contributed by atoms with Crippen LogP contribution >= 0.6 is 0 Å². The number of benzene rings is 1. The molecular formula is C19H25BO2. The predicted octanol–water partition coefficient (Wildman–Crippen LogP) is 4.05. The molecule has 1 saturated heterocycles. The van der Waals surface area contributed by atoms with Crippen molar-refractivity contribution in [2.75, 3.05) is 0 Å². The van der Waals surface area contributed by atoms with Crippen molar-refractivity contribution in [1.29, 1.82) is 0 Å². The molecule has 22 heavy (non-hydrogen) atoms. The maximum atomic E-state index is 6.15. The average molecular weight is 296 g/mol. The lowest BCUT2D eigenvalue weighted by Crippen LogP contribution is -2.41. The van der Waals surface area contributed by atoms with Crippen molar-refractivity contribution in [3.05, 3.63) is 60.7 Å². The molecular weight excluding hydrogens is 271 g/mol. The van der Waals surface area contributed by atoms with Crippen LogP contribution in [0.5, 0.6) is 0 Å². The lowest BCUT2D eigenvalue weighted by Gasteiger charge is -2.32. The fraction of sp³-hybridized carbons (Fsp3) is 0.368. The van der Waals surface area contributed by atoms with Gasteiger partial charge in [0.15, 0.2) is 0 Å². The molecule has 1 fully saturated rings. The Bertz CT molecular complexity index is 610. The van der Waals surface area contributed by atoms with Gasteiger partial charge < -0.3 is 9.31 Å². The van der Waals surface area contributed by atoms with E-state index < -0.39 is 0 Å². The van der Waals surface area contributed by atoms with Gasteiger partial charge in [-0.1, -0.05) is 55.1 Å². The first-order valence-electron chi connectivity index (χ1n) is 7.63. The van der Waals surface area contributed by atoms with Crippen molar-refractivity contribution in [2.24, 2.45) is 0 Å². The van der Waals surface area contributed by atoms with E-state index in [0.29, 0.717) is 0 Å². The van der Waals surface area contributed by atoms with E-state index in [1.165, 1.54) is 5.56 Å². The summed E-state index contributed by atoms with van der Waals surface area (Å²) in [6.45, 7) is 18.0. The highest BCUT2D eigenvalue weighted by Gasteiger charge is 2.51. The van der Waals surface area contributed by atoms with Gasteiger partial charge in [-0.25, -0.2) is 0 Å². The van der Waals surface area contributed by atoms with Crippen molar-refractivity contribution < 1.29 is 9.31 Å². The molecule has 0 unspecified atom stereocenters. The highest BCUT2D eigenvalue weighted by atomic mass is 16.7. The predicted molar refractivity (Wildman–Crippen MR) is 95.3 cm³/mol. The van der Waals surface area contributed by atoms with Crippen LogP contribution in [0.15, 0.2) is 49.6 Å². The van der Waals surface area contributed by atoms with Gasteiger partial charge in [-0.15, -0.1) is 0 Å². The monoisotopic (exact) mass is 296 g/mol. The molecule has 2 nitrogen and oxygen atoms in total. The van der Waals surface area contributed by atoms with Gasteiger partial charge in [-0.05, 0) is 51.2 Å². The second-order valence-electron chi connectivity index (χ2n) is 6.78. The molecule has 0 spiro atoms. The zero-order valence-corrected chi connectivity index (χ0v) is 14.3. The number of hydrogen-bond acceptors (Lipinski definition) is 2. The first-order valence-corrected chi connectivity index (χ1v) is 7.63. The van der Waals surface area contributed by atoms with Gasteiger partial charge in [0.25, 0.3) is 0 Å². The summed E-state index contributed by atoms with van der Waals surface area (Å²) in [5, 5.41) is 0. The Hall–Kier alpha value is -1.58. The Morgan fingerprint density at radius 3 is 2.14 bits per heavy atom. The molecule has 1 aromatic rings. The van der Waals surface area contributed by atoms with E-state index in [1.54, 1.807) is 6.08 Å². The Kier molecular flexibility index (Phi) is 4.50. The van der Waals surface area contributed by atoms with E-state index in [1.807, 2.05) is 12.2 Å². The third kappa shape index (κ3) is 3.11. The first-order chi connectivity index (χ1) is 10.2. The van der Waals surface area contributed by atoms with E-state index in [0.717, 1.165) is 16.6 Å². The molecule has 1 aromatic carbocycles. The molecule has 0 atom stereocenters. The number of rotatable bonds is 4. The molecule has 0 aromatic heterocycles.